The topological polar surface area (TPSA) is 87.1 Å². The van der Waals surface area contributed by atoms with Gasteiger partial charge in [-0.1, -0.05) is 26.0 Å². The molecule has 1 saturated heterocycles. The first kappa shape index (κ1) is 26.7. The van der Waals surface area contributed by atoms with Gasteiger partial charge in [0.2, 0.25) is 0 Å². The van der Waals surface area contributed by atoms with Crippen molar-refractivity contribution < 1.29 is 4.74 Å². The summed E-state index contributed by atoms with van der Waals surface area (Å²) in [5, 5.41) is 30.4. The second kappa shape index (κ2) is 13.3. The van der Waals surface area contributed by atoms with E-state index < -0.39 is 5.41 Å². The van der Waals surface area contributed by atoms with Crippen LogP contribution in [0.5, 0.6) is 5.75 Å². The molecule has 1 aliphatic heterocycles. The molecule has 6 nitrogen and oxygen atoms in total. The molecule has 2 heterocycles. The molecule has 1 aliphatic rings. The van der Waals surface area contributed by atoms with Crippen LogP contribution in [-0.2, 0) is 5.41 Å². The van der Waals surface area contributed by atoms with Crippen LogP contribution in [0.3, 0.4) is 0 Å². The summed E-state index contributed by atoms with van der Waals surface area (Å²) >= 11 is 1.69. The first-order valence-electron chi connectivity index (χ1n) is 12.4. The maximum absolute atomic E-state index is 10.1. The highest BCUT2D eigenvalue weighted by atomic mass is 32.1. The van der Waals surface area contributed by atoms with E-state index in [0.717, 1.165) is 52.0 Å². The summed E-state index contributed by atoms with van der Waals surface area (Å²) in [6, 6.07) is 18.8. The molecule has 184 valence electrons. The van der Waals surface area contributed by atoms with Crippen molar-refractivity contribution in [3.8, 4) is 24.0 Å². The molecule has 35 heavy (non-hydrogen) atoms. The van der Waals surface area contributed by atoms with Crippen LogP contribution >= 0.6 is 11.3 Å². The largest absolute Gasteiger partial charge is 0.492 e. The first-order chi connectivity index (χ1) is 17.0. The normalized spacial score (nSPS) is 17.6. The fourth-order valence-corrected chi connectivity index (χ4v) is 6.03. The van der Waals surface area contributed by atoms with Crippen LogP contribution in [0, 0.1) is 39.9 Å². The molecule has 2 aromatic rings. The molecule has 0 spiro atoms. The number of hydrogen-bond acceptors (Lipinski definition) is 7. The highest BCUT2D eigenvalue weighted by molar-refractivity contribution is 7.10. The predicted molar refractivity (Wildman–Crippen MR) is 139 cm³/mol. The lowest BCUT2D eigenvalue weighted by atomic mass is 9.73. The fraction of sp³-hybridized carbons (Fsp3) is 0.536. The third-order valence-electron chi connectivity index (χ3n) is 7.08. The Bertz CT molecular complexity index is 1050. The molecule has 2 atom stereocenters. The minimum absolute atomic E-state index is 0.271. The molecule has 7 heteroatoms. The molecule has 2 unspecified atom stereocenters. The number of likely N-dealkylation sites (tertiary alicyclic amines) is 1. The lowest BCUT2D eigenvalue weighted by Crippen LogP contribution is -2.41. The standard InChI is InChI=1S/C28H35N5OS/c1-23(2)28(22-31,27-9-4-18-35-27)11-5-13-32-15-10-25(21-32)33(14-6-12-29)16-17-34-26-8-3-7-24(19-26)20-30/h3-4,7-9,18-19,23,25H,5-6,10-11,13-17,21H2,1-2H3. The second-order valence-electron chi connectivity index (χ2n) is 9.49. The molecule has 0 radical (unpaired) electrons. The molecule has 0 amide bonds. The Morgan fingerprint density at radius 3 is 2.74 bits per heavy atom. The Kier molecular flexibility index (Phi) is 10.1. The molecular weight excluding hydrogens is 454 g/mol. The van der Waals surface area contributed by atoms with Gasteiger partial charge in [-0.3, -0.25) is 4.90 Å². The van der Waals surface area contributed by atoms with E-state index in [1.807, 2.05) is 18.2 Å². The number of thiophene rings is 1. The number of rotatable bonds is 13. The maximum Gasteiger partial charge on any atom is 0.120 e. The number of nitriles is 3. The van der Waals surface area contributed by atoms with Crippen LogP contribution < -0.4 is 4.74 Å². The van der Waals surface area contributed by atoms with E-state index >= 15 is 0 Å². The van der Waals surface area contributed by atoms with Gasteiger partial charge in [-0.15, -0.1) is 11.3 Å². The van der Waals surface area contributed by atoms with Gasteiger partial charge < -0.3 is 9.64 Å². The molecule has 0 saturated carbocycles. The van der Waals surface area contributed by atoms with Crippen LogP contribution in [0.4, 0.5) is 0 Å². The highest BCUT2D eigenvalue weighted by Crippen LogP contribution is 2.39. The Labute approximate surface area is 214 Å². The van der Waals surface area contributed by atoms with Crippen LogP contribution in [0.1, 0.15) is 50.0 Å². The highest BCUT2D eigenvalue weighted by Gasteiger charge is 2.37. The van der Waals surface area contributed by atoms with Crippen molar-refractivity contribution in [1.82, 2.24) is 9.80 Å². The summed E-state index contributed by atoms with van der Waals surface area (Å²) in [5.41, 5.74) is 0.180. The van der Waals surface area contributed by atoms with E-state index in [1.165, 1.54) is 4.88 Å². The van der Waals surface area contributed by atoms with Gasteiger partial charge in [-0.05, 0) is 67.9 Å². The molecule has 1 aromatic heterocycles. The van der Waals surface area contributed by atoms with Crippen LogP contribution in [0.2, 0.25) is 0 Å². The number of nitrogens with zero attached hydrogens (tertiary/aromatic N) is 5. The minimum atomic E-state index is -0.410. The van der Waals surface area contributed by atoms with Crippen LogP contribution in [0.25, 0.3) is 0 Å². The van der Waals surface area contributed by atoms with Gasteiger partial charge >= 0.3 is 0 Å². The molecular formula is C28H35N5OS. The second-order valence-corrected chi connectivity index (χ2v) is 10.4. The van der Waals surface area contributed by atoms with E-state index in [-0.39, 0.29) is 5.92 Å². The van der Waals surface area contributed by atoms with Crippen molar-refractivity contribution in [2.24, 2.45) is 5.92 Å². The predicted octanol–water partition coefficient (Wildman–Crippen LogP) is 5.19. The third kappa shape index (κ3) is 7.06. The lowest BCUT2D eigenvalue weighted by molar-refractivity contribution is 0.160. The van der Waals surface area contributed by atoms with E-state index in [2.05, 4.69) is 53.3 Å². The molecule has 1 aromatic carbocycles. The SMILES string of the molecule is CC(C)C(C#N)(CCCN1CCC(N(CCC#N)CCOc2cccc(C#N)c2)C1)c1cccs1. The van der Waals surface area contributed by atoms with Crippen LogP contribution in [0.15, 0.2) is 41.8 Å². The third-order valence-corrected chi connectivity index (χ3v) is 8.12. The number of ether oxygens (including phenoxy) is 1. The summed E-state index contributed by atoms with van der Waals surface area (Å²) in [6.45, 7) is 9.33. The van der Waals surface area contributed by atoms with Crippen molar-refractivity contribution in [2.75, 3.05) is 39.3 Å². The molecule has 0 aliphatic carbocycles. The molecule has 3 rings (SSSR count). The van der Waals surface area contributed by atoms with Crippen molar-refractivity contribution in [3.63, 3.8) is 0 Å². The average molecular weight is 490 g/mol. The number of hydrogen-bond donors (Lipinski definition) is 0. The maximum atomic E-state index is 10.1. The summed E-state index contributed by atoms with van der Waals surface area (Å²) in [7, 11) is 0. The summed E-state index contributed by atoms with van der Waals surface area (Å²) in [6.07, 6.45) is 3.44. The van der Waals surface area contributed by atoms with Gasteiger partial charge in [0.25, 0.3) is 0 Å². The van der Waals surface area contributed by atoms with Gasteiger partial charge in [0.05, 0.1) is 29.2 Å². The van der Waals surface area contributed by atoms with Gasteiger partial charge in [0, 0.05) is 37.0 Å². The van der Waals surface area contributed by atoms with E-state index in [0.29, 0.717) is 30.4 Å². The number of benzene rings is 1. The smallest absolute Gasteiger partial charge is 0.120 e. The van der Waals surface area contributed by atoms with Crippen LogP contribution in [-0.4, -0.2) is 55.2 Å². The lowest BCUT2D eigenvalue weighted by Gasteiger charge is -2.31. The summed E-state index contributed by atoms with van der Waals surface area (Å²) in [4.78, 5) is 6.05. The Morgan fingerprint density at radius 1 is 1.20 bits per heavy atom. The van der Waals surface area contributed by atoms with Gasteiger partial charge in [-0.25, -0.2) is 0 Å². The van der Waals surface area contributed by atoms with Crippen molar-refractivity contribution in [2.45, 2.75) is 51.0 Å². The Morgan fingerprint density at radius 2 is 2.06 bits per heavy atom. The van der Waals surface area contributed by atoms with E-state index in [1.54, 1.807) is 23.5 Å². The zero-order valence-corrected chi connectivity index (χ0v) is 21.6. The molecule has 0 bridgehead atoms. The van der Waals surface area contributed by atoms with Crippen molar-refractivity contribution in [3.05, 3.63) is 52.2 Å². The van der Waals surface area contributed by atoms with Gasteiger partial charge in [0.15, 0.2) is 0 Å². The van der Waals surface area contributed by atoms with Gasteiger partial charge in [-0.2, -0.15) is 15.8 Å². The Balaban J connectivity index is 1.51. The zero-order valence-electron chi connectivity index (χ0n) is 20.8. The molecule has 0 N–H and O–H groups in total. The van der Waals surface area contributed by atoms with Gasteiger partial charge in [0.1, 0.15) is 12.4 Å². The summed E-state index contributed by atoms with van der Waals surface area (Å²) < 4.78 is 5.90. The Hall–Kier alpha value is -2.89. The van der Waals surface area contributed by atoms with Crippen molar-refractivity contribution in [1.29, 1.82) is 15.8 Å². The summed E-state index contributed by atoms with van der Waals surface area (Å²) in [5.74, 6) is 0.974. The zero-order chi connectivity index (χ0) is 25.1. The first-order valence-corrected chi connectivity index (χ1v) is 13.3. The monoisotopic (exact) mass is 489 g/mol. The van der Waals surface area contributed by atoms with E-state index in [9.17, 15) is 5.26 Å². The minimum Gasteiger partial charge on any atom is -0.492 e. The fourth-order valence-electron chi connectivity index (χ4n) is 4.97. The van der Waals surface area contributed by atoms with E-state index in [4.69, 9.17) is 15.3 Å². The quantitative estimate of drug-likeness (QED) is 0.385. The van der Waals surface area contributed by atoms with Crippen molar-refractivity contribution >= 4 is 11.3 Å². The molecule has 1 fully saturated rings. The average Bonchev–Trinajstić information content (AvgIpc) is 3.57.